The molecule has 0 aliphatic heterocycles. The molecule has 0 radical (unpaired) electrons. The fourth-order valence-corrected chi connectivity index (χ4v) is 2.14. The smallest absolute Gasteiger partial charge is 0.263 e. The summed E-state index contributed by atoms with van der Waals surface area (Å²) >= 11 is 0. The molecule has 0 amide bonds. The minimum Gasteiger partial charge on any atom is -0.392 e. The van der Waals surface area contributed by atoms with Crippen molar-refractivity contribution in [3.05, 3.63) is 35.4 Å². The SMILES string of the molecule is CCC(CC)C(O)CNCc1ccc(C(F)F)cc1. The standard InChI is InChI=1S/C15H23F2NO/c1-3-12(4-2)14(19)10-18-9-11-5-7-13(8-6-11)15(16)17/h5-8,12,14-15,18-19H,3-4,9-10H2,1-2H3. The van der Waals surface area contributed by atoms with Crippen LogP contribution < -0.4 is 5.32 Å². The van der Waals surface area contributed by atoms with Crippen LogP contribution in [0, 0.1) is 5.92 Å². The van der Waals surface area contributed by atoms with Gasteiger partial charge in [-0.2, -0.15) is 0 Å². The fraction of sp³-hybridized carbons (Fsp3) is 0.600. The lowest BCUT2D eigenvalue weighted by atomic mass is 9.96. The van der Waals surface area contributed by atoms with Crippen LogP contribution in [0.3, 0.4) is 0 Å². The average Bonchev–Trinajstić information content (AvgIpc) is 2.40. The van der Waals surface area contributed by atoms with Crippen molar-refractivity contribution in [1.29, 1.82) is 0 Å². The van der Waals surface area contributed by atoms with E-state index in [1.807, 2.05) is 0 Å². The fourth-order valence-electron chi connectivity index (χ4n) is 2.14. The Kier molecular flexibility index (Phi) is 6.95. The zero-order valence-corrected chi connectivity index (χ0v) is 11.6. The van der Waals surface area contributed by atoms with E-state index in [1.165, 1.54) is 12.1 Å². The van der Waals surface area contributed by atoms with E-state index in [4.69, 9.17) is 0 Å². The summed E-state index contributed by atoms with van der Waals surface area (Å²) in [4.78, 5) is 0. The molecule has 108 valence electrons. The summed E-state index contributed by atoms with van der Waals surface area (Å²) in [5.74, 6) is 0.314. The number of hydrogen-bond acceptors (Lipinski definition) is 2. The Balaban J connectivity index is 2.36. The molecular weight excluding hydrogens is 248 g/mol. The van der Waals surface area contributed by atoms with Crippen molar-refractivity contribution in [2.45, 2.75) is 45.8 Å². The second kappa shape index (κ2) is 8.23. The lowest BCUT2D eigenvalue weighted by molar-refractivity contribution is 0.101. The first-order chi connectivity index (χ1) is 9.08. The van der Waals surface area contributed by atoms with E-state index in [9.17, 15) is 13.9 Å². The summed E-state index contributed by atoms with van der Waals surface area (Å²) in [5.41, 5.74) is 0.988. The predicted molar refractivity (Wildman–Crippen MR) is 73.2 cm³/mol. The quantitative estimate of drug-likeness (QED) is 0.758. The van der Waals surface area contributed by atoms with Crippen LogP contribution in [-0.4, -0.2) is 17.8 Å². The highest BCUT2D eigenvalue weighted by Gasteiger charge is 2.14. The van der Waals surface area contributed by atoms with Gasteiger partial charge in [-0.15, -0.1) is 0 Å². The topological polar surface area (TPSA) is 32.3 Å². The zero-order chi connectivity index (χ0) is 14.3. The van der Waals surface area contributed by atoms with Crippen molar-refractivity contribution in [1.82, 2.24) is 5.32 Å². The Bertz CT molecular complexity index is 350. The Morgan fingerprint density at radius 3 is 2.16 bits per heavy atom. The summed E-state index contributed by atoms with van der Waals surface area (Å²) in [6.07, 6.45) is -0.848. The van der Waals surface area contributed by atoms with Gasteiger partial charge in [0.2, 0.25) is 0 Å². The van der Waals surface area contributed by atoms with E-state index in [2.05, 4.69) is 19.2 Å². The van der Waals surface area contributed by atoms with E-state index < -0.39 is 6.43 Å². The van der Waals surface area contributed by atoms with Gasteiger partial charge in [0.25, 0.3) is 6.43 Å². The molecule has 19 heavy (non-hydrogen) atoms. The summed E-state index contributed by atoms with van der Waals surface area (Å²) in [6, 6.07) is 6.27. The largest absolute Gasteiger partial charge is 0.392 e. The maximum atomic E-state index is 12.4. The van der Waals surface area contributed by atoms with Crippen molar-refractivity contribution in [3.63, 3.8) is 0 Å². The van der Waals surface area contributed by atoms with E-state index in [-0.39, 0.29) is 11.7 Å². The minimum atomic E-state index is -2.42. The van der Waals surface area contributed by atoms with Gasteiger partial charge in [-0.05, 0) is 11.5 Å². The number of aliphatic hydroxyl groups is 1. The van der Waals surface area contributed by atoms with Crippen LogP contribution in [0.25, 0.3) is 0 Å². The Morgan fingerprint density at radius 2 is 1.68 bits per heavy atom. The molecule has 4 heteroatoms. The van der Waals surface area contributed by atoms with Crippen molar-refractivity contribution in [2.75, 3.05) is 6.54 Å². The second-order valence-corrected chi connectivity index (χ2v) is 4.82. The highest BCUT2D eigenvalue weighted by atomic mass is 19.3. The van der Waals surface area contributed by atoms with Gasteiger partial charge in [-0.25, -0.2) is 8.78 Å². The molecule has 0 saturated carbocycles. The molecule has 0 aliphatic carbocycles. The monoisotopic (exact) mass is 271 g/mol. The lowest BCUT2D eigenvalue weighted by Gasteiger charge is -2.20. The molecule has 1 unspecified atom stereocenters. The van der Waals surface area contributed by atoms with Crippen LogP contribution in [0.1, 0.15) is 44.2 Å². The Hall–Kier alpha value is -1.00. The number of rotatable bonds is 8. The van der Waals surface area contributed by atoms with Gasteiger partial charge in [0, 0.05) is 18.7 Å². The summed E-state index contributed by atoms with van der Waals surface area (Å²) < 4.78 is 24.7. The summed E-state index contributed by atoms with van der Waals surface area (Å²) in [6.45, 7) is 5.25. The molecule has 1 rings (SSSR count). The molecule has 0 aliphatic rings. The number of hydrogen-bond donors (Lipinski definition) is 2. The molecule has 0 heterocycles. The number of alkyl halides is 2. The third-order valence-electron chi connectivity index (χ3n) is 3.51. The Morgan fingerprint density at radius 1 is 1.11 bits per heavy atom. The molecule has 0 fully saturated rings. The number of benzene rings is 1. The molecule has 0 bridgehead atoms. The van der Waals surface area contributed by atoms with Crippen LogP contribution in [0.2, 0.25) is 0 Å². The van der Waals surface area contributed by atoms with Crippen molar-refractivity contribution in [2.24, 2.45) is 5.92 Å². The highest BCUT2D eigenvalue weighted by molar-refractivity contribution is 5.23. The van der Waals surface area contributed by atoms with E-state index in [1.54, 1.807) is 12.1 Å². The third-order valence-corrected chi connectivity index (χ3v) is 3.51. The molecular formula is C15H23F2NO. The molecule has 0 spiro atoms. The zero-order valence-electron chi connectivity index (χ0n) is 11.6. The van der Waals surface area contributed by atoms with Gasteiger partial charge < -0.3 is 10.4 Å². The van der Waals surface area contributed by atoms with Gasteiger partial charge in [0.15, 0.2) is 0 Å². The summed E-state index contributed by atoms with van der Waals surface area (Å²) in [7, 11) is 0. The maximum absolute atomic E-state index is 12.4. The van der Waals surface area contributed by atoms with E-state index in [0.29, 0.717) is 19.0 Å². The lowest BCUT2D eigenvalue weighted by Crippen LogP contribution is -2.32. The molecule has 1 aromatic rings. The normalized spacial score (nSPS) is 13.2. The van der Waals surface area contributed by atoms with Crippen molar-refractivity contribution >= 4 is 0 Å². The second-order valence-electron chi connectivity index (χ2n) is 4.82. The van der Waals surface area contributed by atoms with Gasteiger partial charge in [-0.3, -0.25) is 0 Å². The van der Waals surface area contributed by atoms with Crippen molar-refractivity contribution < 1.29 is 13.9 Å². The molecule has 0 aromatic heterocycles. The van der Waals surface area contributed by atoms with Crippen LogP contribution >= 0.6 is 0 Å². The predicted octanol–water partition coefficient (Wildman–Crippen LogP) is 3.51. The first-order valence-electron chi connectivity index (χ1n) is 6.84. The van der Waals surface area contributed by atoms with Crippen LogP contribution in [-0.2, 0) is 6.54 Å². The molecule has 0 saturated heterocycles. The van der Waals surface area contributed by atoms with Gasteiger partial charge in [-0.1, -0.05) is 51.0 Å². The third kappa shape index (κ3) is 5.25. The number of nitrogens with one attached hydrogen (secondary N) is 1. The summed E-state index contributed by atoms with van der Waals surface area (Å²) in [5, 5.41) is 13.1. The number of aliphatic hydroxyl groups excluding tert-OH is 1. The maximum Gasteiger partial charge on any atom is 0.263 e. The van der Waals surface area contributed by atoms with Crippen LogP contribution in [0.4, 0.5) is 8.78 Å². The van der Waals surface area contributed by atoms with Gasteiger partial charge >= 0.3 is 0 Å². The van der Waals surface area contributed by atoms with Gasteiger partial charge in [0.1, 0.15) is 0 Å². The van der Waals surface area contributed by atoms with Crippen LogP contribution in [0.15, 0.2) is 24.3 Å². The van der Waals surface area contributed by atoms with E-state index >= 15 is 0 Å². The highest BCUT2D eigenvalue weighted by Crippen LogP contribution is 2.18. The first-order valence-corrected chi connectivity index (χ1v) is 6.84. The first kappa shape index (κ1) is 16.1. The van der Waals surface area contributed by atoms with Crippen LogP contribution in [0.5, 0.6) is 0 Å². The van der Waals surface area contributed by atoms with E-state index in [0.717, 1.165) is 18.4 Å². The minimum absolute atomic E-state index is 0.0424. The molecule has 2 nitrogen and oxygen atoms in total. The average molecular weight is 271 g/mol. The molecule has 1 aromatic carbocycles. The molecule has 2 N–H and O–H groups in total. The number of halogens is 2. The van der Waals surface area contributed by atoms with Gasteiger partial charge in [0.05, 0.1) is 6.10 Å². The molecule has 1 atom stereocenters. The Labute approximate surface area is 113 Å². The van der Waals surface area contributed by atoms with Crippen molar-refractivity contribution in [3.8, 4) is 0 Å².